The summed E-state index contributed by atoms with van der Waals surface area (Å²) in [7, 11) is 1.65. The van der Waals surface area contributed by atoms with E-state index in [1.165, 1.54) is 5.56 Å². The highest BCUT2D eigenvalue weighted by Gasteiger charge is 2.01. The molecule has 2 nitrogen and oxygen atoms in total. The van der Waals surface area contributed by atoms with Gasteiger partial charge < -0.3 is 9.84 Å². The van der Waals surface area contributed by atoms with E-state index in [0.29, 0.717) is 0 Å². The van der Waals surface area contributed by atoms with Gasteiger partial charge in [-0.05, 0) is 36.6 Å². The van der Waals surface area contributed by atoms with Crippen molar-refractivity contribution < 1.29 is 9.84 Å². The predicted molar refractivity (Wildman–Crippen MR) is 56.1 cm³/mol. The molecular weight excluding hydrogens is 232 g/mol. The average molecular weight is 245 g/mol. The van der Waals surface area contributed by atoms with Crippen LogP contribution in [0.5, 0.6) is 5.75 Å². The standard InChI is InChI=1S/C10H13BrO2/c1-13-9-4-5-10(11)8(7-9)3-2-6-12/h4-5,7,12H,2-3,6H2,1H3. The summed E-state index contributed by atoms with van der Waals surface area (Å²) in [6, 6.07) is 5.86. The number of hydrogen-bond donors (Lipinski definition) is 1. The van der Waals surface area contributed by atoms with Crippen LogP contribution in [0.1, 0.15) is 12.0 Å². The molecule has 0 radical (unpaired) electrons. The van der Waals surface area contributed by atoms with E-state index < -0.39 is 0 Å². The Hall–Kier alpha value is -0.540. The maximum Gasteiger partial charge on any atom is 0.119 e. The Morgan fingerprint density at radius 2 is 2.23 bits per heavy atom. The van der Waals surface area contributed by atoms with Crippen molar-refractivity contribution in [2.45, 2.75) is 12.8 Å². The van der Waals surface area contributed by atoms with E-state index in [-0.39, 0.29) is 6.61 Å². The van der Waals surface area contributed by atoms with Gasteiger partial charge >= 0.3 is 0 Å². The van der Waals surface area contributed by atoms with Crippen LogP contribution in [0.4, 0.5) is 0 Å². The van der Waals surface area contributed by atoms with E-state index in [9.17, 15) is 0 Å². The first kappa shape index (κ1) is 10.5. The van der Waals surface area contributed by atoms with Gasteiger partial charge in [0.2, 0.25) is 0 Å². The molecule has 0 unspecified atom stereocenters. The Labute approximate surface area is 86.7 Å². The molecule has 0 aliphatic rings. The molecule has 0 aromatic heterocycles. The van der Waals surface area contributed by atoms with Crippen molar-refractivity contribution in [3.8, 4) is 5.75 Å². The molecule has 0 spiro atoms. The molecule has 13 heavy (non-hydrogen) atoms. The monoisotopic (exact) mass is 244 g/mol. The zero-order chi connectivity index (χ0) is 9.68. The smallest absolute Gasteiger partial charge is 0.119 e. The molecule has 0 aliphatic carbocycles. The molecule has 1 aromatic carbocycles. The van der Waals surface area contributed by atoms with Crippen LogP contribution in [0.15, 0.2) is 22.7 Å². The fourth-order valence-corrected chi connectivity index (χ4v) is 1.58. The zero-order valence-corrected chi connectivity index (χ0v) is 9.17. The van der Waals surface area contributed by atoms with Crippen LogP contribution in [-0.4, -0.2) is 18.8 Å². The summed E-state index contributed by atoms with van der Waals surface area (Å²) >= 11 is 3.45. The van der Waals surface area contributed by atoms with Gasteiger partial charge in [-0.1, -0.05) is 15.9 Å². The van der Waals surface area contributed by atoms with Crippen molar-refractivity contribution in [2.75, 3.05) is 13.7 Å². The summed E-state index contributed by atoms with van der Waals surface area (Å²) in [6.07, 6.45) is 1.65. The van der Waals surface area contributed by atoms with Crippen LogP contribution in [0.2, 0.25) is 0 Å². The Balaban J connectivity index is 2.78. The van der Waals surface area contributed by atoms with Gasteiger partial charge in [0.25, 0.3) is 0 Å². The van der Waals surface area contributed by atoms with E-state index in [4.69, 9.17) is 9.84 Å². The number of aryl methyl sites for hydroxylation is 1. The highest BCUT2D eigenvalue weighted by Crippen LogP contribution is 2.23. The van der Waals surface area contributed by atoms with Crippen molar-refractivity contribution in [1.29, 1.82) is 0 Å². The van der Waals surface area contributed by atoms with E-state index in [2.05, 4.69) is 15.9 Å². The van der Waals surface area contributed by atoms with Gasteiger partial charge in [0.1, 0.15) is 5.75 Å². The van der Waals surface area contributed by atoms with Gasteiger partial charge in [-0.2, -0.15) is 0 Å². The molecule has 0 atom stereocenters. The number of benzene rings is 1. The molecule has 0 heterocycles. The lowest BCUT2D eigenvalue weighted by Gasteiger charge is -2.06. The summed E-state index contributed by atoms with van der Waals surface area (Å²) in [5.74, 6) is 0.858. The first-order valence-electron chi connectivity index (χ1n) is 4.21. The summed E-state index contributed by atoms with van der Waals surface area (Å²) < 4.78 is 6.18. The summed E-state index contributed by atoms with van der Waals surface area (Å²) in [4.78, 5) is 0. The van der Waals surface area contributed by atoms with Crippen molar-refractivity contribution in [3.05, 3.63) is 28.2 Å². The second kappa shape index (κ2) is 5.25. The summed E-state index contributed by atoms with van der Waals surface area (Å²) in [5, 5.41) is 8.70. The summed E-state index contributed by atoms with van der Waals surface area (Å²) in [5.41, 5.74) is 1.17. The Kier molecular flexibility index (Phi) is 4.25. The van der Waals surface area contributed by atoms with E-state index in [1.807, 2.05) is 18.2 Å². The topological polar surface area (TPSA) is 29.5 Å². The number of halogens is 1. The molecule has 0 saturated carbocycles. The third-order valence-electron chi connectivity index (χ3n) is 1.86. The lowest BCUT2D eigenvalue weighted by molar-refractivity contribution is 0.288. The van der Waals surface area contributed by atoms with Gasteiger partial charge in [-0.15, -0.1) is 0 Å². The number of aliphatic hydroxyl groups is 1. The van der Waals surface area contributed by atoms with E-state index >= 15 is 0 Å². The van der Waals surface area contributed by atoms with Crippen LogP contribution in [-0.2, 0) is 6.42 Å². The first-order chi connectivity index (χ1) is 6.27. The van der Waals surface area contributed by atoms with E-state index in [0.717, 1.165) is 23.1 Å². The van der Waals surface area contributed by atoms with Gasteiger partial charge in [0.05, 0.1) is 7.11 Å². The molecular formula is C10H13BrO2. The van der Waals surface area contributed by atoms with Crippen molar-refractivity contribution in [1.82, 2.24) is 0 Å². The quantitative estimate of drug-likeness (QED) is 0.882. The number of rotatable bonds is 4. The Bertz CT molecular complexity index is 274. The second-order valence-electron chi connectivity index (χ2n) is 2.78. The zero-order valence-electron chi connectivity index (χ0n) is 7.59. The fraction of sp³-hybridized carbons (Fsp3) is 0.400. The minimum atomic E-state index is 0.226. The molecule has 1 rings (SSSR count). The third-order valence-corrected chi connectivity index (χ3v) is 2.63. The lowest BCUT2D eigenvalue weighted by Crippen LogP contribution is -1.92. The third kappa shape index (κ3) is 3.01. The number of ether oxygens (including phenoxy) is 1. The number of methoxy groups -OCH3 is 1. The van der Waals surface area contributed by atoms with Gasteiger partial charge in [0.15, 0.2) is 0 Å². The summed E-state index contributed by atoms with van der Waals surface area (Å²) in [6.45, 7) is 0.226. The molecule has 0 amide bonds. The van der Waals surface area contributed by atoms with Gasteiger partial charge in [-0.3, -0.25) is 0 Å². The lowest BCUT2D eigenvalue weighted by atomic mass is 10.1. The van der Waals surface area contributed by atoms with E-state index in [1.54, 1.807) is 7.11 Å². The molecule has 0 fully saturated rings. The average Bonchev–Trinajstić information content (AvgIpc) is 2.17. The first-order valence-corrected chi connectivity index (χ1v) is 5.00. The van der Waals surface area contributed by atoms with Gasteiger partial charge in [-0.25, -0.2) is 0 Å². The number of aliphatic hydroxyl groups excluding tert-OH is 1. The van der Waals surface area contributed by atoms with Crippen molar-refractivity contribution >= 4 is 15.9 Å². The van der Waals surface area contributed by atoms with Crippen LogP contribution in [0.3, 0.4) is 0 Å². The number of hydrogen-bond acceptors (Lipinski definition) is 2. The van der Waals surface area contributed by atoms with Crippen LogP contribution in [0.25, 0.3) is 0 Å². The predicted octanol–water partition coefficient (Wildman–Crippen LogP) is 2.38. The molecule has 1 N–H and O–H groups in total. The van der Waals surface area contributed by atoms with Crippen molar-refractivity contribution in [2.24, 2.45) is 0 Å². The second-order valence-corrected chi connectivity index (χ2v) is 3.64. The van der Waals surface area contributed by atoms with Crippen LogP contribution in [0, 0.1) is 0 Å². The maximum absolute atomic E-state index is 8.70. The highest BCUT2D eigenvalue weighted by molar-refractivity contribution is 9.10. The molecule has 0 saturated heterocycles. The minimum absolute atomic E-state index is 0.226. The molecule has 0 bridgehead atoms. The Morgan fingerprint density at radius 1 is 1.46 bits per heavy atom. The minimum Gasteiger partial charge on any atom is -0.497 e. The molecule has 72 valence electrons. The van der Waals surface area contributed by atoms with Crippen molar-refractivity contribution in [3.63, 3.8) is 0 Å². The maximum atomic E-state index is 8.70. The molecule has 0 aliphatic heterocycles. The fourth-order valence-electron chi connectivity index (χ4n) is 1.14. The normalized spacial score (nSPS) is 10.1. The largest absolute Gasteiger partial charge is 0.497 e. The Morgan fingerprint density at radius 3 is 2.85 bits per heavy atom. The van der Waals surface area contributed by atoms with Gasteiger partial charge in [0, 0.05) is 11.1 Å². The molecule has 3 heteroatoms. The highest BCUT2D eigenvalue weighted by atomic mass is 79.9. The SMILES string of the molecule is COc1ccc(Br)c(CCCO)c1. The van der Waals surface area contributed by atoms with Crippen LogP contribution >= 0.6 is 15.9 Å². The van der Waals surface area contributed by atoms with Crippen LogP contribution < -0.4 is 4.74 Å². The molecule has 1 aromatic rings.